The lowest BCUT2D eigenvalue weighted by Gasteiger charge is -2.06. The van der Waals surface area contributed by atoms with Crippen LogP contribution in [0.2, 0.25) is 0 Å². The van der Waals surface area contributed by atoms with Crippen LogP contribution in [0.4, 0.5) is 8.78 Å². The third kappa shape index (κ3) is 11.8. The van der Waals surface area contributed by atoms with Crippen molar-refractivity contribution in [2.24, 2.45) is 0 Å². The predicted octanol–water partition coefficient (Wildman–Crippen LogP) is 7.18. The van der Waals surface area contributed by atoms with E-state index >= 15 is 0 Å². The summed E-state index contributed by atoms with van der Waals surface area (Å²) < 4.78 is 26.6. The molecule has 1 amide bonds. The molecule has 0 fully saturated rings. The fourth-order valence-corrected chi connectivity index (χ4v) is 3.29. The van der Waals surface area contributed by atoms with Gasteiger partial charge in [0.25, 0.3) is 5.91 Å². The minimum atomic E-state index is -0.685. The summed E-state index contributed by atoms with van der Waals surface area (Å²) in [6.07, 6.45) is 17.9. The maximum atomic E-state index is 13.5. The number of benzene rings is 1. The van der Waals surface area contributed by atoms with Crippen molar-refractivity contribution in [1.82, 2.24) is 5.32 Å². The van der Waals surface area contributed by atoms with Crippen molar-refractivity contribution >= 4 is 5.91 Å². The molecule has 0 heterocycles. The first-order valence-electron chi connectivity index (χ1n) is 10.9. The van der Waals surface area contributed by atoms with Gasteiger partial charge in [-0.3, -0.25) is 4.79 Å². The van der Waals surface area contributed by atoms with Crippen LogP contribution in [0.5, 0.6) is 0 Å². The molecule has 0 aromatic heterocycles. The number of carbonyl (C=O) groups excluding carboxylic acids is 1. The number of amides is 1. The molecule has 1 aromatic rings. The Balaban J connectivity index is 1.89. The Labute approximate surface area is 164 Å². The highest BCUT2D eigenvalue weighted by atomic mass is 19.1. The van der Waals surface area contributed by atoms with Crippen LogP contribution in [-0.4, -0.2) is 12.5 Å². The Hall–Kier alpha value is -1.45. The number of halogens is 2. The van der Waals surface area contributed by atoms with Crippen LogP contribution in [0.25, 0.3) is 0 Å². The molecule has 0 atom stereocenters. The summed E-state index contributed by atoms with van der Waals surface area (Å²) in [4.78, 5) is 11.8. The van der Waals surface area contributed by atoms with Gasteiger partial charge in [-0.2, -0.15) is 0 Å². The van der Waals surface area contributed by atoms with Gasteiger partial charge < -0.3 is 5.32 Å². The molecule has 154 valence electrons. The molecule has 0 saturated heterocycles. The molecule has 1 N–H and O–H groups in total. The van der Waals surface area contributed by atoms with E-state index in [0.717, 1.165) is 31.0 Å². The zero-order valence-electron chi connectivity index (χ0n) is 17.0. The SMILES string of the molecule is CCCCCCCCCCCCCCCCNC(=O)c1cc(F)ccc1F. The van der Waals surface area contributed by atoms with E-state index in [1.54, 1.807) is 0 Å². The van der Waals surface area contributed by atoms with Gasteiger partial charge in [0.15, 0.2) is 0 Å². The van der Waals surface area contributed by atoms with Gasteiger partial charge in [0.1, 0.15) is 11.6 Å². The van der Waals surface area contributed by atoms with Crippen LogP contribution >= 0.6 is 0 Å². The van der Waals surface area contributed by atoms with E-state index in [-0.39, 0.29) is 5.56 Å². The van der Waals surface area contributed by atoms with E-state index in [1.165, 1.54) is 77.0 Å². The number of hydrogen-bond acceptors (Lipinski definition) is 1. The highest BCUT2D eigenvalue weighted by Gasteiger charge is 2.11. The molecule has 0 aliphatic carbocycles. The van der Waals surface area contributed by atoms with E-state index in [2.05, 4.69) is 12.2 Å². The van der Waals surface area contributed by atoms with Gasteiger partial charge in [-0.15, -0.1) is 0 Å². The van der Waals surface area contributed by atoms with Gasteiger partial charge in [0, 0.05) is 6.54 Å². The number of nitrogens with one attached hydrogen (secondary N) is 1. The number of unbranched alkanes of at least 4 members (excludes halogenated alkanes) is 13. The number of rotatable bonds is 16. The molecular formula is C23H37F2NO. The Morgan fingerprint density at radius 3 is 1.78 bits per heavy atom. The fourth-order valence-electron chi connectivity index (χ4n) is 3.29. The van der Waals surface area contributed by atoms with E-state index in [4.69, 9.17) is 0 Å². The molecule has 0 aliphatic heterocycles. The van der Waals surface area contributed by atoms with Gasteiger partial charge in [-0.1, -0.05) is 90.4 Å². The molecule has 0 radical (unpaired) electrons. The first kappa shape index (κ1) is 23.6. The summed E-state index contributed by atoms with van der Waals surface area (Å²) >= 11 is 0. The Morgan fingerprint density at radius 2 is 1.26 bits per heavy atom. The van der Waals surface area contributed by atoms with E-state index in [1.807, 2.05) is 0 Å². The molecule has 0 aliphatic rings. The molecule has 1 rings (SSSR count). The fraction of sp³-hybridized carbons (Fsp3) is 0.696. The summed E-state index contributed by atoms with van der Waals surface area (Å²) in [5, 5.41) is 2.66. The summed E-state index contributed by atoms with van der Waals surface area (Å²) in [5.74, 6) is -1.82. The molecule has 27 heavy (non-hydrogen) atoms. The second kappa shape index (κ2) is 15.6. The lowest BCUT2D eigenvalue weighted by atomic mass is 10.0. The molecule has 0 bridgehead atoms. The second-order valence-electron chi connectivity index (χ2n) is 7.48. The van der Waals surface area contributed by atoms with E-state index in [9.17, 15) is 13.6 Å². The summed E-state index contributed by atoms with van der Waals surface area (Å²) in [5.41, 5.74) is -0.222. The third-order valence-electron chi connectivity index (χ3n) is 4.99. The average molecular weight is 382 g/mol. The van der Waals surface area contributed by atoms with Gasteiger partial charge in [0.05, 0.1) is 5.56 Å². The Morgan fingerprint density at radius 1 is 0.778 bits per heavy atom. The normalized spacial score (nSPS) is 10.9. The Bertz CT molecular complexity index is 519. The lowest BCUT2D eigenvalue weighted by molar-refractivity contribution is 0.0948. The van der Waals surface area contributed by atoms with E-state index in [0.29, 0.717) is 6.54 Å². The minimum absolute atomic E-state index is 0.222. The second-order valence-corrected chi connectivity index (χ2v) is 7.48. The molecule has 1 aromatic carbocycles. The molecule has 2 nitrogen and oxygen atoms in total. The van der Waals surface area contributed by atoms with Crippen LogP contribution in [0.15, 0.2) is 18.2 Å². The van der Waals surface area contributed by atoms with Crippen LogP contribution < -0.4 is 5.32 Å². The maximum Gasteiger partial charge on any atom is 0.254 e. The zero-order valence-corrected chi connectivity index (χ0v) is 17.0. The molecule has 0 spiro atoms. The quantitative estimate of drug-likeness (QED) is 0.302. The maximum absolute atomic E-state index is 13.5. The summed E-state index contributed by atoms with van der Waals surface area (Å²) in [7, 11) is 0. The highest BCUT2D eigenvalue weighted by molar-refractivity contribution is 5.94. The number of hydrogen-bond donors (Lipinski definition) is 1. The molecule has 4 heteroatoms. The van der Waals surface area contributed by atoms with Crippen molar-refractivity contribution in [2.45, 2.75) is 96.8 Å². The monoisotopic (exact) mass is 381 g/mol. The summed E-state index contributed by atoms with van der Waals surface area (Å²) in [6.45, 7) is 2.76. The van der Waals surface area contributed by atoms with Crippen LogP contribution in [0.1, 0.15) is 107 Å². The first-order valence-corrected chi connectivity index (χ1v) is 10.9. The van der Waals surface area contributed by atoms with Crippen molar-refractivity contribution in [1.29, 1.82) is 0 Å². The van der Waals surface area contributed by atoms with Crippen molar-refractivity contribution in [3.8, 4) is 0 Å². The highest BCUT2D eigenvalue weighted by Crippen LogP contribution is 2.13. The first-order chi connectivity index (χ1) is 13.1. The standard InChI is InChI=1S/C23H37F2NO/c1-2-3-4-5-6-7-8-9-10-11-12-13-14-15-18-26-23(27)21-19-20(24)16-17-22(21)25/h16-17,19H,2-15,18H2,1H3,(H,26,27). The van der Waals surface area contributed by atoms with Gasteiger partial charge >= 0.3 is 0 Å². The van der Waals surface area contributed by atoms with Crippen molar-refractivity contribution in [2.75, 3.05) is 6.54 Å². The lowest BCUT2D eigenvalue weighted by Crippen LogP contribution is -2.25. The van der Waals surface area contributed by atoms with Crippen LogP contribution in [0, 0.1) is 11.6 Å². The summed E-state index contributed by atoms with van der Waals surface area (Å²) in [6, 6.07) is 2.94. The van der Waals surface area contributed by atoms with Crippen LogP contribution in [0.3, 0.4) is 0 Å². The third-order valence-corrected chi connectivity index (χ3v) is 4.99. The average Bonchev–Trinajstić information content (AvgIpc) is 2.66. The topological polar surface area (TPSA) is 29.1 Å². The van der Waals surface area contributed by atoms with Gasteiger partial charge in [-0.25, -0.2) is 8.78 Å². The van der Waals surface area contributed by atoms with Crippen molar-refractivity contribution < 1.29 is 13.6 Å². The smallest absolute Gasteiger partial charge is 0.254 e. The van der Waals surface area contributed by atoms with Crippen molar-refractivity contribution in [3.63, 3.8) is 0 Å². The van der Waals surface area contributed by atoms with Gasteiger partial charge in [-0.05, 0) is 24.6 Å². The molecule has 0 saturated carbocycles. The predicted molar refractivity (Wildman–Crippen MR) is 109 cm³/mol. The van der Waals surface area contributed by atoms with E-state index < -0.39 is 17.5 Å². The molecular weight excluding hydrogens is 344 g/mol. The molecule has 0 unspecified atom stereocenters. The number of carbonyl (C=O) groups is 1. The van der Waals surface area contributed by atoms with Crippen molar-refractivity contribution in [3.05, 3.63) is 35.4 Å². The Kier molecular flexibility index (Phi) is 13.6. The minimum Gasteiger partial charge on any atom is -0.352 e. The zero-order chi connectivity index (χ0) is 19.7. The van der Waals surface area contributed by atoms with Gasteiger partial charge in [0.2, 0.25) is 0 Å². The van der Waals surface area contributed by atoms with Crippen LogP contribution in [-0.2, 0) is 0 Å². The largest absolute Gasteiger partial charge is 0.352 e.